The zero-order valence-corrected chi connectivity index (χ0v) is 11.1. The average Bonchev–Trinajstić information content (AvgIpc) is 2.47. The van der Waals surface area contributed by atoms with Crippen molar-refractivity contribution in [3.05, 3.63) is 65.2 Å². The van der Waals surface area contributed by atoms with Crippen molar-refractivity contribution in [2.45, 2.75) is 12.6 Å². The lowest BCUT2D eigenvalue weighted by atomic mass is 10.1. The number of halogens is 3. The summed E-state index contributed by atoms with van der Waals surface area (Å²) in [7, 11) is 0. The third-order valence-electron chi connectivity index (χ3n) is 3.04. The van der Waals surface area contributed by atoms with Crippen LogP contribution in [0.4, 0.5) is 18.9 Å². The normalized spacial score (nSPS) is 11.0. The van der Waals surface area contributed by atoms with Crippen molar-refractivity contribution in [1.82, 2.24) is 0 Å². The number of alkyl halides is 3. The second kappa shape index (κ2) is 6.31. The molecule has 0 fully saturated rings. The number of nitrogens with one attached hydrogen (secondary N) is 1. The molecule has 0 aliphatic carbocycles. The van der Waals surface area contributed by atoms with Gasteiger partial charge in [0.15, 0.2) is 0 Å². The first-order valence-electron chi connectivity index (χ1n) is 6.40. The first kappa shape index (κ1) is 14.9. The Morgan fingerprint density at radius 2 is 1.76 bits per heavy atom. The summed E-state index contributed by atoms with van der Waals surface area (Å²) in [6.07, 6.45) is -3.71. The first-order valence-corrected chi connectivity index (χ1v) is 6.40. The van der Waals surface area contributed by atoms with E-state index in [0.29, 0.717) is 12.2 Å². The van der Waals surface area contributed by atoms with E-state index in [1.807, 2.05) is 30.3 Å². The van der Waals surface area contributed by atoms with Crippen LogP contribution in [-0.4, -0.2) is 6.54 Å². The Hall–Kier alpha value is -2.48. The van der Waals surface area contributed by atoms with Crippen molar-refractivity contribution in [3.8, 4) is 6.07 Å². The zero-order valence-electron chi connectivity index (χ0n) is 11.1. The average molecular weight is 290 g/mol. The second-order valence-corrected chi connectivity index (χ2v) is 4.53. The van der Waals surface area contributed by atoms with E-state index < -0.39 is 11.7 Å². The van der Waals surface area contributed by atoms with E-state index >= 15 is 0 Å². The van der Waals surface area contributed by atoms with E-state index in [0.717, 1.165) is 24.1 Å². The summed E-state index contributed by atoms with van der Waals surface area (Å²) in [6, 6.07) is 14.6. The molecule has 0 heterocycles. The summed E-state index contributed by atoms with van der Waals surface area (Å²) < 4.78 is 37.7. The molecular formula is C16H13F3N2. The summed E-state index contributed by atoms with van der Waals surface area (Å²) >= 11 is 0. The highest BCUT2D eigenvalue weighted by molar-refractivity contribution is 5.59. The molecule has 0 unspecified atom stereocenters. The largest absolute Gasteiger partial charge is 0.416 e. The van der Waals surface area contributed by atoms with E-state index in [4.69, 9.17) is 5.26 Å². The quantitative estimate of drug-likeness (QED) is 0.914. The Balaban J connectivity index is 2.05. The van der Waals surface area contributed by atoms with Crippen LogP contribution < -0.4 is 5.32 Å². The SMILES string of the molecule is N#Cc1cc(C(F)(F)F)ccc1NCCc1ccccc1. The molecule has 2 rings (SSSR count). The molecule has 0 spiro atoms. The van der Waals surface area contributed by atoms with E-state index in [9.17, 15) is 13.2 Å². The number of anilines is 1. The number of benzene rings is 2. The Kier molecular flexibility index (Phi) is 4.49. The van der Waals surface area contributed by atoms with E-state index in [2.05, 4.69) is 5.32 Å². The Labute approximate surface area is 120 Å². The highest BCUT2D eigenvalue weighted by Gasteiger charge is 2.30. The van der Waals surface area contributed by atoms with Crippen molar-refractivity contribution in [3.63, 3.8) is 0 Å². The van der Waals surface area contributed by atoms with Crippen LogP contribution >= 0.6 is 0 Å². The lowest BCUT2D eigenvalue weighted by Gasteiger charge is -2.11. The van der Waals surface area contributed by atoms with Crippen LogP contribution in [0.1, 0.15) is 16.7 Å². The van der Waals surface area contributed by atoms with Crippen LogP contribution in [0.25, 0.3) is 0 Å². The molecule has 0 radical (unpaired) electrons. The molecule has 0 saturated heterocycles. The van der Waals surface area contributed by atoms with Gasteiger partial charge in [-0.1, -0.05) is 30.3 Å². The number of nitriles is 1. The fraction of sp³-hybridized carbons (Fsp3) is 0.188. The summed E-state index contributed by atoms with van der Waals surface area (Å²) in [6.45, 7) is 0.546. The lowest BCUT2D eigenvalue weighted by molar-refractivity contribution is -0.137. The summed E-state index contributed by atoms with van der Waals surface area (Å²) in [5.74, 6) is 0. The molecule has 0 amide bonds. The van der Waals surface area contributed by atoms with E-state index in [1.54, 1.807) is 6.07 Å². The number of nitrogens with zero attached hydrogens (tertiary/aromatic N) is 1. The maximum absolute atomic E-state index is 12.6. The molecule has 5 heteroatoms. The van der Waals surface area contributed by atoms with Crippen LogP contribution in [0.2, 0.25) is 0 Å². The predicted molar refractivity (Wildman–Crippen MR) is 74.8 cm³/mol. The maximum Gasteiger partial charge on any atom is 0.416 e. The number of rotatable bonds is 4. The van der Waals surface area contributed by atoms with Crippen LogP contribution in [0.3, 0.4) is 0 Å². The topological polar surface area (TPSA) is 35.8 Å². The van der Waals surface area contributed by atoms with Gasteiger partial charge in [0.25, 0.3) is 0 Å². The highest BCUT2D eigenvalue weighted by atomic mass is 19.4. The minimum absolute atomic E-state index is 0.00196. The molecule has 0 atom stereocenters. The molecule has 0 bridgehead atoms. The minimum atomic E-state index is -4.44. The molecule has 0 saturated carbocycles. The number of hydrogen-bond acceptors (Lipinski definition) is 2. The smallest absolute Gasteiger partial charge is 0.384 e. The van der Waals surface area contributed by atoms with Gasteiger partial charge in [-0.15, -0.1) is 0 Å². The van der Waals surface area contributed by atoms with Crippen molar-refractivity contribution in [2.75, 3.05) is 11.9 Å². The zero-order chi connectivity index (χ0) is 15.3. The van der Waals surface area contributed by atoms with Crippen molar-refractivity contribution in [1.29, 1.82) is 5.26 Å². The van der Waals surface area contributed by atoms with Gasteiger partial charge in [-0.25, -0.2) is 0 Å². The van der Waals surface area contributed by atoms with Crippen LogP contribution in [0.5, 0.6) is 0 Å². The van der Waals surface area contributed by atoms with Gasteiger partial charge >= 0.3 is 6.18 Å². The van der Waals surface area contributed by atoms with Gasteiger partial charge in [-0.3, -0.25) is 0 Å². The van der Waals surface area contributed by atoms with Crippen molar-refractivity contribution < 1.29 is 13.2 Å². The summed E-state index contributed by atoms with van der Waals surface area (Å²) in [5.41, 5.74) is 0.724. The Morgan fingerprint density at radius 1 is 1.05 bits per heavy atom. The van der Waals surface area contributed by atoms with Gasteiger partial charge in [0.2, 0.25) is 0 Å². The molecule has 2 aromatic carbocycles. The standard InChI is InChI=1S/C16H13F3N2/c17-16(18,19)14-6-7-15(13(10-14)11-20)21-9-8-12-4-2-1-3-5-12/h1-7,10,21H,8-9H2. The monoisotopic (exact) mass is 290 g/mol. The first-order chi connectivity index (χ1) is 10.0. The van der Waals surface area contributed by atoms with Gasteiger partial charge in [0.05, 0.1) is 16.8 Å². The van der Waals surface area contributed by atoms with Crippen LogP contribution in [0, 0.1) is 11.3 Å². The summed E-state index contributed by atoms with van der Waals surface area (Å²) in [4.78, 5) is 0. The van der Waals surface area contributed by atoms with Crippen molar-refractivity contribution >= 4 is 5.69 Å². The minimum Gasteiger partial charge on any atom is -0.384 e. The van der Waals surface area contributed by atoms with Gasteiger partial charge in [-0.05, 0) is 30.2 Å². The second-order valence-electron chi connectivity index (χ2n) is 4.53. The molecule has 1 N–H and O–H groups in total. The molecule has 0 aliphatic rings. The van der Waals surface area contributed by atoms with Gasteiger partial charge in [0.1, 0.15) is 6.07 Å². The molecule has 2 aromatic rings. The van der Waals surface area contributed by atoms with Crippen LogP contribution in [0.15, 0.2) is 48.5 Å². The molecule has 108 valence electrons. The molecule has 0 aliphatic heterocycles. The fourth-order valence-electron chi connectivity index (χ4n) is 1.95. The lowest BCUT2D eigenvalue weighted by Crippen LogP contribution is -2.09. The summed E-state index contributed by atoms with van der Waals surface area (Å²) in [5, 5.41) is 12.0. The molecule has 2 nitrogen and oxygen atoms in total. The molecule has 21 heavy (non-hydrogen) atoms. The van der Waals surface area contributed by atoms with Gasteiger partial charge < -0.3 is 5.32 Å². The third-order valence-corrected chi connectivity index (χ3v) is 3.04. The highest BCUT2D eigenvalue weighted by Crippen LogP contribution is 2.31. The fourth-order valence-corrected chi connectivity index (χ4v) is 1.95. The maximum atomic E-state index is 12.6. The van der Waals surface area contributed by atoms with Crippen molar-refractivity contribution in [2.24, 2.45) is 0 Å². The number of hydrogen-bond donors (Lipinski definition) is 1. The van der Waals surface area contributed by atoms with Gasteiger partial charge in [-0.2, -0.15) is 18.4 Å². The van der Waals surface area contributed by atoms with Gasteiger partial charge in [0, 0.05) is 6.54 Å². The Morgan fingerprint density at radius 3 is 2.38 bits per heavy atom. The third kappa shape index (κ3) is 3.99. The Bertz CT molecular complexity index is 643. The van der Waals surface area contributed by atoms with Crippen LogP contribution in [-0.2, 0) is 12.6 Å². The predicted octanol–water partition coefficient (Wildman–Crippen LogP) is 4.23. The van der Waals surface area contributed by atoms with E-state index in [1.165, 1.54) is 6.07 Å². The molecular weight excluding hydrogens is 277 g/mol. The molecule has 0 aromatic heterocycles. The van der Waals surface area contributed by atoms with E-state index in [-0.39, 0.29) is 5.56 Å².